The van der Waals surface area contributed by atoms with E-state index in [1.54, 1.807) is 0 Å². The lowest BCUT2D eigenvalue weighted by Gasteiger charge is -2.38. The zero-order valence-electron chi connectivity index (χ0n) is 11.6. The normalized spacial score (nSPS) is 27.9. The third kappa shape index (κ3) is 2.52. The first-order valence-electron chi connectivity index (χ1n) is 7.21. The predicted molar refractivity (Wildman–Crippen MR) is 76.1 cm³/mol. The van der Waals surface area contributed by atoms with E-state index in [0.717, 1.165) is 31.6 Å². The number of piperidine rings is 1. The van der Waals surface area contributed by atoms with Crippen molar-refractivity contribution in [3.8, 4) is 0 Å². The van der Waals surface area contributed by atoms with Gasteiger partial charge in [-0.1, -0.05) is 18.2 Å². The number of hydrogen-bond acceptors (Lipinski definition) is 2. The Hall–Kier alpha value is -1.35. The molecular weight excluding hydrogens is 236 g/mol. The topological polar surface area (TPSA) is 23.6 Å². The maximum absolute atomic E-state index is 12.5. The molecule has 102 valence electrons. The lowest BCUT2D eigenvalue weighted by atomic mass is 9.79. The summed E-state index contributed by atoms with van der Waals surface area (Å²) in [5.74, 6) is 0.200. The van der Waals surface area contributed by atoms with Crippen LogP contribution >= 0.6 is 0 Å². The van der Waals surface area contributed by atoms with Gasteiger partial charge in [0.1, 0.15) is 0 Å². The molecule has 2 saturated heterocycles. The second kappa shape index (κ2) is 4.97. The number of benzene rings is 1. The standard InChI is InChI=1S/C16H22N2O/c1-17-10-5-8-16(12-17)9-11-18(13-16)15(19)14-6-3-2-4-7-14/h2-4,6-7H,5,8-13H2,1H3. The minimum atomic E-state index is 0.200. The molecule has 1 unspecified atom stereocenters. The molecule has 0 radical (unpaired) electrons. The predicted octanol–water partition coefficient (Wildman–Crippen LogP) is 2.24. The summed E-state index contributed by atoms with van der Waals surface area (Å²) in [6.07, 6.45) is 3.70. The van der Waals surface area contributed by atoms with Crippen LogP contribution in [0.4, 0.5) is 0 Å². The molecule has 1 atom stereocenters. The molecule has 3 nitrogen and oxygen atoms in total. The number of rotatable bonds is 1. The molecule has 1 amide bonds. The zero-order chi connectivity index (χ0) is 13.3. The summed E-state index contributed by atoms with van der Waals surface area (Å²) in [6.45, 7) is 4.20. The molecule has 3 heteroatoms. The van der Waals surface area contributed by atoms with Gasteiger partial charge in [-0.2, -0.15) is 0 Å². The van der Waals surface area contributed by atoms with Crippen LogP contribution in [0.5, 0.6) is 0 Å². The quantitative estimate of drug-likeness (QED) is 0.771. The van der Waals surface area contributed by atoms with Gasteiger partial charge in [0.05, 0.1) is 0 Å². The molecule has 0 aromatic heterocycles. The molecule has 0 aliphatic carbocycles. The molecule has 1 spiro atoms. The van der Waals surface area contributed by atoms with Gasteiger partial charge in [0.2, 0.25) is 0 Å². The monoisotopic (exact) mass is 258 g/mol. The maximum atomic E-state index is 12.5. The molecule has 3 rings (SSSR count). The number of hydrogen-bond donors (Lipinski definition) is 0. The summed E-state index contributed by atoms with van der Waals surface area (Å²) in [5.41, 5.74) is 1.18. The van der Waals surface area contributed by atoms with E-state index in [1.807, 2.05) is 30.3 Å². The van der Waals surface area contributed by atoms with E-state index in [-0.39, 0.29) is 5.91 Å². The summed E-state index contributed by atoms with van der Waals surface area (Å²) >= 11 is 0. The van der Waals surface area contributed by atoms with Crippen LogP contribution < -0.4 is 0 Å². The van der Waals surface area contributed by atoms with E-state index in [2.05, 4.69) is 16.8 Å². The molecule has 19 heavy (non-hydrogen) atoms. The number of amides is 1. The van der Waals surface area contributed by atoms with Crippen LogP contribution in [0, 0.1) is 5.41 Å². The van der Waals surface area contributed by atoms with E-state index in [1.165, 1.54) is 19.4 Å². The van der Waals surface area contributed by atoms with Crippen molar-refractivity contribution in [3.63, 3.8) is 0 Å². The van der Waals surface area contributed by atoms with Crippen LogP contribution in [0.25, 0.3) is 0 Å². The first kappa shape index (κ1) is 12.7. The number of likely N-dealkylation sites (tertiary alicyclic amines) is 2. The highest BCUT2D eigenvalue weighted by atomic mass is 16.2. The van der Waals surface area contributed by atoms with Gasteiger partial charge < -0.3 is 9.80 Å². The van der Waals surface area contributed by atoms with Crippen LogP contribution in [0.15, 0.2) is 30.3 Å². The van der Waals surface area contributed by atoms with Gasteiger partial charge in [0.15, 0.2) is 0 Å². The van der Waals surface area contributed by atoms with Gasteiger partial charge >= 0.3 is 0 Å². The summed E-state index contributed by atoms with van der Waals surface area (Å²) in [7, 11) is 2.20. The van der Waals surface area contributed by atoms with Crippen molar-refractivity contribution >= 4 is 5.91 Å². The van der Waals surface area contributed by atoms with E-state index in [4.69, 9.17) is 0 Å². The van der Waals surface area contributed by atoms with E-state index >= 15 is 0 Å². The zero-order valence-corrected chi connectivity index (χ0v) is 11.6. The highest BCUT2D eigenvalue weighted by Crippen LogP contribution is 2.38. The summed E-state index contributed by atoms with van der Waals surface area (Å²) < 4.78 is 0. The van der Waals surface area contributed by atoms with Gasteiger partial charge in [0.25, 0.3) is 5.91 Å². The molecule has 1 aromatic carbocycles. The third-order valence-electron chi connectivity index (χ3n) is 4.60. The minimum Gasteiger partial charge on any atom is -0.338 e. The van der Waals surface area contributed by atoms with E-state index in [0.29, 0.717) is 5.41 Å². The van der Waals surface area contributed by atoms with Crippen LogP contribution in [0.2, 0.25) is 0 Å². The Morgan fingerprint density at radius 1 is 1.11 bits per heavy atom. The van der Waals surface area contributed by atoms with Crippen molar-refractivity contribution in [1.29, 1.82) is 0 Å². The second-order valence-electron chi connectivity index (χ2n) is 6.18. The highest BCUT2D eigenvalue weighted by Gasteiger charge is 2.42. The number of carbonyl (C=O) groups excluding carboxylic acids is 1. The van der Waals surface area contributed by atoms with Crippen molar-refractivity contribution < 1.29 is 4.79 Å². The third-order valence-corrected chi connectivity index (χ3v) is 4.60. The van der Waals surface area contributed by atoms with Crippen LogP contribution in [-0.2, 0) is 0 Å². The van der Waals surface area contributed by atoms with Crippen molar-refractivity contribution in [2.24, 2.45) is 5.41 Å². The smallest absolute Gasteiger partial charge is 0.253 e. The Morgan fingerprint density at radius 2 is 1.89 bits per heavy atom. The minimum absolute atomic E-state index is 0.200. The van der Waals surface area contributed by atoms with Gasteiger partial charge in [-0.3, -0.25) is 4.79 Å². The first-order valence-corrected chi connectivity index (χ1v) is 7.21. The SMILES string of the molecule is CN1CCCC2(CCN(C(=O)c3ccccc3)C2)C1. The molecule has 1 aromatic rings. The molecule has 0 bridgehead atoms. The fraction of sp³-hybridized carbons (Fsp3) is 0.562. The first-order chi connectivity index (χ1) is 9.19. The van der Waals surface area contributed by atoms with Crippen molar-refractivity contribution in [2.45, 2.75) is 19.3 Å². The van der Waals surface area contributed by atoms with Crippen molar-refractivity contribution in [1.82, 2.24) is 9.80 Å². The Balaban J connectivity index is 1.70. The van der Waals surface area contributed by atoms with Crippen LogP contribution in [-0.4, -0.2) is 48.9 Å². The van der Waals surface area contributed by atoms with Gasteiger partial charge in [-0.25, -0.2) is 0 Å². The number of carbonyl (C=O) groups is 1. The lowest BCUT2D eigenvalue weighted by molar-refractivity contribution is 0.0722. The van der Waals surface area contributed by atoms with Crippen LogP contribution in [0.3, 0.4) is 0 Å². The largest absolute Gasteiger partial charge is 0.338 e. The lowest BCUT2D eigenvalue weighted by Crippen LogP contribution is -2.43. The summed E-state index contributed by atoms with van der Waals surface area (Å²) in [6, 6.07) is 9.67. The highest BCUT2D eigenvalue weighted by molar-refractivity contribution is 5.94. The Bertz CT molecular complexity index is 459. The maximum Gasteiger partial charge on any atom is 0.253 e. The molecular formula is C16H22N2O. The molecule has 2 fully saturated rings. The van der Waals surface area contributed by atoms with Gasteiger partial charge in [0, 0.05) is 30.6 Å². The van der Waals surface area contributed by atoms with Crippen LogP contribution in [0.1, 0.15) is 29.6 Å². The molecule has 2 heterocycles. The average Bonchev–Trinajstić information content (AvgIpc) is 2.82. The second-order valence-corrected chi connectivity index (χ2v) is 6.18. The average molecular weight is 258 g/mol. The Labute approximate surface area is 115 Å². The molecule has 2 aliphatic heterocycles. The van der Waals surface area contributed by atoms with Crippen molar-refractivity contribution in [3.05, 3.63) is 35.9 Å². The summed E-state index contributed by atoms with van der Waals surface area (Å²) in [5, 5.41) is 0. The molecule has 0 saturated carbocycles. The molecule has 0 N–H and O–H groups in total. The molecule has 2 aliphatic rings. The summed E-state index contributed by atoms with van der Waals surface area (Å²) in [4.78, 5) is 16.9. The fourth-order valence-corrected chi connectivity index (χ4v) is 3.66. The van der Waals surface area contributed by atoms with E-state index < -0.39 is 0 Å². The van der Waals surface area contributed by atoms with Gasteiger partial charge in [-0.15, -0.1) is 0 Å². The Kier molecular flexibility index (Phi) is 3.31. The van der Waals surface area contributed by atoms with Crippen molar-refractivity contribution in [2.75, 3.05) is 33.2 Å². The Morgan fingerprint density at radius 3 is 2.63 bits per heavy atom. The number of nitrogens with zero attached hydrogens (tertiary/aromatic N) is 2. The fourth-order valence-electron chi connectivity index (χ4n) is 3.66. The van der Waals surface area contributed by atoms with Gasteiger partial charge in [-0.05, 0) is 45.0 Å². The van der Waals surface area contributed by atoms with E-state index in [9.17, 15) is 4.79 Å².